The standard InChI is InChI=1S/C57H94O5/c1-4-7-10-13-16-19-22-25-27-28-29-30-31-33-35-38-41-44-47-50-56(58)61-54-55(53-60-52-49-46-43-40-37-34-26-23-20-17-14-11-8-5-2)62-57(59)51-48-45-42-39-36-32-24-21-18-15-12-9-6-3/h9,11-12,14,16,18-21,23,25,27,29-30,32,36,42,45,55H,4-8,10,13,15,17,22,24,26,28,31,33-35,37-41,43-44,46-54H2,1-3H3/b12-9-,14-11-,19-16-,21-18-,23-20-,27-25-,30-29-,36-32-,45-42-. The van der Waals surface area contributed by atoms with Gasteiger partial charge in [0, 0.05) is 19.4 Å². The first-order valence-electron chi connectivity index (χ1n) is 25.4. The van der Waals surface area contributed by atoms with Crippen molar-refractivity contribution < 1.29 is 23.8 Å². The molecule has 62 heavy (non-hydrogen) atoms. The first-order valence-corrected chi connectivity index (χ1v) is 25.4. The summed E-state index contributed by atoms with van der Waals surface area (Å²) in [6.07, 6.45) is 71.1. The number of hydrogen-bond acceptors (Lipinski definition) is 5. The summed E-state index contributed by atoms with van der Waals surface area (Å²) in [7, 11) is 0. The maximum absolute atomic E-state index is 12.7. The first-order chi connectivity index (χ1) is 30.6. The summed E-state index contributed by atoms with van der Waals surface area (Å²) in [4.78, 5) is 25.3. The lowest BCUT2D eigenvalue weighted by Gasteiger charge is -2.18. The third-order valence-corrected chi connectivity index (χ3v) is 10.3. The summed E-state index contributed by atoms with van der Waals surface area (Å²) in [5, 5.41) is 0. The van der Waals surface area contributed by atoms with Crippen molar-refractivity contribution >= 4 is 11.9 Å². The predicted octanol–water partition coefficient (Wildman–Crippen LogP) is 17.2. The Kier molecular flexibility index (Phi) is 49.0. The van der Waals surface area contributed by atoms with Crippen molar-refractivity contribution in [2.24, 2.45) is 0 Å². The van der Waals surface area contributed by atoms with Crippen LogP contribution < -0.4 is 0 Å². The number of unbranched alkanes of at least 4 members (excludes halogenated alkanes) is 16. The van der Waals surface area contributed by atoms with Gasteiger partial charge in [-0.3, -0.25) is 9.59 Å². The Morgan fingerprint density at radius 2 is 0.790 bits per heavy atom. The molecule has 1 unspecified atom stereocenters. The fraction of sp³-hybridized carbons (Fsp3) is 0.649. The highest BCUT2D eigenvalue weighted by molar-refractivity contribution is 5.70. The quantitative estimate of drug-likeness (QED) is 0.0347. The fourth-order valence-electron chi connectivity index (χ4n) is 6.51. The van der Waals surface area contributed by atoms with Gasteiger partial charge >= 0.3 is 11.9 Å². The van der Waals surface area contributed by atoms with Gasteiger partial charge in [0.25, 0.3) is 0 Å². The van der Waals surface area contributed by atoms with E-state index < -0.39 is 6.10 Å². The lowest BCUT2D eigenvalue weighted by atomic mass is 10.1. The van der Waals surface area contributed by atoms with Gasteiger partial charge in [0.2, 0.25) is 0 Å². The Hall–Kier alpha value is -3.44. The van der Waals surface area contributed by atoms with Crippen molar-refractivity contribution in [1.82, 2.24) is 0 Å². The van der Waals surface area contributed by atoms with Crippen molar-refractivity contribution in [3.8, 4) is 0 Å². The van der Waals surface area contributed by atoms with E-state index >= 15 is 0 Å². The maximum Gasteiger partial charge on any atom is 0.306 e. The number of carbonyl (C=O) groups is 2. The van der Waals surface area contributed by atoms with Gasteiger partial charge in [-0.05, 0) is 109 Å². The minimum Gasteiger partial charge on any atom is -0.462 e. The third kappa shape index (κ3) is 49.2. The van der Waals surface area contributed by atoms with E-state index in [2.05, 4.69) is 124 Å². The highest BCUT2D eigenvalue weighted by Gasteiger charge is 2.17. The molecule has 0 heterocycles. The van der Waals surface area contributed by atoms with E-state index in [-0.39, 0.29) is 31.6 Å². The number of rotatable bonds is 45. The molecule has 0 aromatic rings. The second-order valence-electron chi connectivity index (χ2n) is 16.3. The number of carbonyl (C=O) groups excluding carboxylic acids is 2. The molecule has 0 aromatic carbocycles. The number of hydrogen-bond donors (Lipinski definition) is 0. The molecule has 0 aromatic heterocycles. The normalized spacial score (nSPS) is 13.1. The van der Waals surface area contributed by atoms with Crippen LogP contribution in [0.2, 0.25) is 0 Å². The molecule has 0 radical (unpaired) electrons. The van der Waals surface area contributed by atoms with Crippen LogP contribution in [0.25, 0.3) is 0 Å². The molecule has 0 saturated carbocycles. The molecular formula is C57H94O5. The third-order valence-electron chi connectivity index (χ3n) is 10.3. The summed E-state index contributed by atoms with van der Waals surface area (Å²) in [5.41, 5.74) is 0. The Balaban J connectivity index is 4.38. The molecule has 5 heteroatoms. The molecular weight excluding hydrogens is 765 g/mol. The molecule has 0 amide bonds. The zero-order valence-corrected chi connectivity index (χ0v) is 40.3. The van der Waals surface area contributed by atoms with Gasteiger partial charge in [0.15, 0.2) is 6.10 Å². The molecule has 352 valence electrons. The molecule has 0 spiro atoms. The molecule has 0 aliphatic carbocycles. The second kappa shape index (κ2) is 51.9. The van der Waals surface area contributed by atoms with Crippen LogP contribution in [0, 0.1) is 0 Å². The topological polar surface area (TPSA) is 61.8 Å². The van der Waals surface area contributed by atoms with Crippen LogP contribution in [0.15, 0.2) is 109 Å². The second-order valence-corrected chi connectivity index (χ2v) is 16.3. The Morgan fingerprint density at radius 3 is 1.29 bits per heavy atom. The van der Waals surface area contributed by atoms with E-state index in [0.717, 1.165) is 89.9 Å². The summed E-state index contributed by atoms with van der Waals surface area (Å²) in [5.74, 6) is -0.518. The van der Waals surface area contributed by atoms with E-state index in [1.165, 1.54) is 83.5 Å². The van der Waals surface area contributed by atoms with Crippen molar-refractivity contribution in [2.75, 3.05) is 19.8 Å². The fourth-order valence-corrected chi connectivity index (χ4v) is 6.51. The monoisotopic (exact) mass is 859 g/mol. The zero-order valence-electron chi connectivity index (χ0n) is 40.3. The van der Waals surface area contributed by atoms with Crippen molar-refractivity contribution in [3.05, 3.63) is 109 Å². The van der Waals surface area contributed by atoms with Crippen molar-refractivity contribution in [2.45, 2.75) is 219 Å². The van der Waals surface area contributed by atoms with Crippen LogP contribution in [-0.2, 0) is 23.8 Å². The molecule has 0 rings (SSSR count). The van der Waals surface area contributed by atoms with Crippen LogP contribution in [0.4, 0.5) is 0 Å². The van der Waals surface area contributed by atoms with Crippen LogP contribution in [0.1, 0.15) is 213 Å². The van der Waals surface area contributed by atoms with Gasteiger partial charge in [0.1, 0.15) is 6.61 Å². The van der Waals surface area contributed by atoms with E-state index in [9.17, 15) is 9.59 Å². The highest BCUT2D eigenvalue weighted by atomic mass is 16.6. The lowest BCUT2D eigenvalue weighted by molar-refractivity contribution is -0.162. The maximum atomic E-state index is 12.7. The average Bonchev–Trinajstić information content (AvgIpc) is 3.27. The summed E-state index contributed by atoms with van der Waals surface area (Å²) in [6.45, 7) is 7.50. The Bertz CT molecular complexity index is 1250. The van der Waals surface area contributed by atoms with Crippen molar-refractivity contribution in [3.63, 3.8) is 0 Å². The van der Waals surface area contributed by atoms with E-state index in [0.29, 0.717) is 19.4 Å². The first kappa shape index (κ1) is 58.6. The molecule has 0 bridgehead atoms. The zero-order chi connectivity index (χ0) is 44.9. The molecule has 0 saturated heterocycles. The average molecular weight is 859 g/mol. The van der Waals surface area contributed by atoms with Crippen LogP contribution in [0.5, 0.6) is 0 Å². The van der Waals surface area contributed by atoms with Gasteiger partial charge in [-0.1, -0.05) is 201 Å². The Morgan fingerprint density at radius 1 is 0.371 bits per heavy atom. The molecule has 1 atom stereocenters. The highest BCUT2D eigenvalue weighted by Crippen LogP contribution is 2.12. The van der Waals surface area contributed by atoms with Crippen LogP contribution >= 0.6 is 0 Å². The summed E-state index contributed by atoms with van der Waals surface area (Å²) < 4.78 is 17.3. The molecule has 0 N–H and O–H groups in total. The van der Waals surface area contributed by atoms with E-state index in [1.807, 2.05) is 6.08 Å². The summed E-state index contributed by atoms with van der Waals surface area (Å²) >= 11 is 0. The SMILES string of the molecule is CC/C=C\C/C=C\C/C=C\C/C=C\CCC(=O)OC(COCCCCCCCC/C=C\C/C=C\CCC)COC(=O)CCCCCCCC/C=C\C/C=C\C/C=C\CCCCC. The lowest BCUT2D eigenvalue weighted by Crippen LogP contribution is -2.30. The molecule has 0 fully saturated rings. The van der Waals surface area contributed by atoms with E-state index in [4.69, 9.17) is 14.2 Å². The van der Waals surface area contributed by atoms with E-state index in [1.54, 1.807) is 0 Å². The molecule has 0 aliphatic heterocycles. The van der Waals surface area contributed by atoms with Crippen LogP contribution in [0.3, 0.4) is 0 Å². The van der Waals surface area contributed by atoms with Gasteiger partial charge in [-0.2, -0.15) is 0 Å². The number of esters is 2. The minimum atomic E-state index is -0.591. The van der Waals surface area contributed by atoms with Crippen LogP contribution in [-0.4, -0.2) is 37.9 Å². The Labute approximate surface area is 383 Å². The van der Waals surface area contributed by atoms with Gasteiger partial charge in [-0.25, -0.2) is 0 Å². The largest absolute Gasteiger partial charge is 0.462 e. The summed E-state index contributed by atoms with van der Waals surface area (Å²) in [6, 6.07) is 0. The molecule has 0 aliphatic rings. The predicted molar refractivity (Wildman–Crippen MR) is 269 cm³/mol. The van der Waals surface area contributed by atoms with Gasteiger partial charge < -0.3 is 14.2 Å². The van der Waals surface area contributed by atoms with Crippen molar-refractivity contribution in [1.29, 1.82) is 0 Å². The minimum absolute atomic E-state index is 0.0392. The smallest absolute Gasteiger partial charge is 0.306 e. The number of allylic oxidation sites excluding steroid dienone is 18. The molecule has 5 nitrogen and oxygen atoms in total. The number of ether oxygens (including phenoxy) is 3. The van der Waals surface area contributed by atoms with Gasteiger partial charge in [0.05, 0.1) is 6.61 Å². The van der Waals surface area contributed by atoms with Gasteiger partial charge in [-0.15, -0.1) is 0 Å².